The number of nitrogens with zero attached hydrogens (tertiary/aromatic N) is 2. The molecule has 0 bridgehead atoms. The second-order valence-corrected chi connectivity index (χ2v) is 6.30. The van der Waals surface area contributed by atoms with Gasteiger partial charge in [-0.05, 0) is 52.7 Å². The molecule has 1 aliphatic rings. The van der Waals surface area contributed by atoms with E-state index in [4.69, 9.17) is 4.74 Å². The van der Waals surface area contributed by atoms with Crippen LogP contribution < -0.4 is 10.2 Å². The van der Waals surface area contributed by atoms with Gasteiger partial charge in [-0.2, -0.15) is 0 Å². The molecule has 1 aromatic carbocycles. The Morgan fingerprint density at radius 1 is 1.26 bits per heavy atom. The van der Waals surface area contributed by atoms with Gasteiger partial charge in [0.25, 0.3) is 5.91 Å². The van der Waals surface area contributed by atoms with E-state index >= 15 is 0 Å². The molecule has 0 saturated carbocycles. The number of pyridine rings is 1. The van der Waals surface area contributed by atoms with Crippen molar-refractivity contribution in [3.8, 4) is 0 Å². The Labute approximate surface area is 143 Å². The third-order valence-corrected chi connectivity index (χ3v) is 4.37. The summed E-state index contributed by atoms with van der Waals surface area (Å²) in [5, 5.41) is 2.89. The average Bonchev–Trinajstić information content (AvgIpc) is 2.58. The van der Waals surface area contributed by atoms with Crippen molar-refractivity contribution in [2.75, 3.05) is 36.5 Å². The number of hydrogen-bond acceptors (Lipinski definition) is 4. The number of rotatable bonds is 3. The smallest absolute Gasteiger partial charge is 0.257 e. The van der Waals surface area contributed by atoms with Crippen LogP contribution in [0.1, 0.15) is 15.9 Å². The molecule has 0 radical (unpaired) electrons. The zero-order valence-electron chi connectivity index (χ0n) is 12.9. The molecular weight excluding hydrogens is 358 g/mol. The van der Waals surface area contributed by atoms with Crippen LogP contribution in [-0.2, 0) is 4.74 Å². The zero-order valence-corrected chi connectivity index (χ0v) is 14.5. The van der Waals surface area contributed by atoms with E-state index in [1.54, 1.807) is 12.3 Å². The first-order valence-electron chi connectivity index (χ1n) is 7.50. The zero-order chi connectivity index (χ0) is 16.2. The molecule has 5 nitrogen and oxygen atoms in total. The molecule has 120 valence electrons. The summed E-state index contributed by atoms with van der Waals surface area (Å²) in [6.45, 7) is 5.09. The van der Waals surface area contributed by atoms with Gasteiger partial charge in [0, 0.05) is 23.8 Å². The second kappa shape index (κ2) is 7.10. The van der Waals surface area contributed by atoms with Gasteiger partial charge in [0.2, 0.25) is 0 Å². The molecule has 2 heterocycles. The fourth-order valence-corrected chi connectivity index (χ4v) is 3.01. The molecule has 1 aliphatic heterocycles. The summed E-state index contributed by atoms with van der Waals surface area (Å²) >= 11 is 3.46. The SMILES string of the molecule is Cc1ccc(NC(=O)c2ccc(N3CCOCC3)nc2)c(Br)c1. The minimum Gasteiger partial charge on any atom is -0.378 e. The summed E-state index contributed by atoms with van der Waals surface area (Å²) in [5.41, 5.74) is 2.42. The molecule has 0 aliphatic carbocycles. The number of halogens is 1. The summed E-state index contributed by atoms with van der Waals surface area (Å²) in [7, 11) is 0. The third kappa shape index (κ3) is 3.89. The Morgan fingerprint density at radius 2 is 2.04 bits per heavy atom. The predicted molar refractivity (Wildman–Crippen MR) is 94.1 cm³/mol. The highest BCUT2D eigenvalue weighted by atomic mass is 79.9. The molecule has 6 heteroatoms. The van der Waals surface area contributed by atoms with Crippen molar-refractivity contribution < 1.29 is 9.53 Å². The first-order chi connectivity index (χ1) is 11.1. The number of hydrogen-bond donors (Lipinski definition) is 1. The maximum atomic E-state index is 12.3. The number of benzene rings is 1. The maximum absolute atomic E-state index is 12.3. The fourth-order valence-electron chi connectivity index (χ4n) is 2.42. The molecular formula is C17H18BrN3O2. The van der Waals surface area contributed by atoms with E-state index in [9.17, 15) is 4.79 Å². The third-order valence-electron chi connectivity index (χ3n) is 3.72. The number of ether oxygens (including phenoxy) is 1. The number of aryl methyl sites for hydroxylation is 1. The summed E-state index contributed by atoms with van der Waals surface area (Å²) in [4.78, 5) is 18.9. The van der Waals surface area contributed by atoms with Crippen LogP contribution in [0, 0.1) is 6.92 Å². The summed E-state index contributed by atoms with van der Waals surface area (Å²) in [6, 6.07) is 9.49. The van der Waals surface area contributed by atoms with Crippen LogP contribution in [0.2, 0.25) is 0 Å². The first-order valence-corrected chi connectivity index (χ1v) is 8.29. The van der Waals surface area contributed by atoms with Crippen LogP contribution in [0.5, 0.6) is 0 Å². The van der Waals surface area contributed by atoms with Crippen LogP contribution in [0.15, 0.2) is 41.0 Å². The molecule has 1 aromatic heterocycles. The summed E-state index contributed by atoms with van der Waals surface area (Å²) in [5.74, 6) is 0.706. The number of carbonyl (C=O) groups is 1. The minimum absolute atomic E-state index is 0.171. The molecule has 0 spiro atoms. The van der Waals surface area contributed by atoms with Crippen molar-refractivity contribution in [1.29, 1.82) is 0 Å². The lowest BCUT2D eigenvalue weighted by Gasteiger charge is -2.27. The summed E-state index contributed by atoms with van der Waals surface area (Å²) in [6.07, 6.45) is 1.61. The van der Waals surface area contributed by atoms with Gasteiger partial charge in [-0.15, -0.1) is 0 Å². The molecule has 1 saturated heterocycles. The molecule has 1 N–H and O–H groups in total. The number of nitrogens with one attached hydrogen (secondary N) is 1. The lowest BCUT2D eigenvalue weighted by atomic mass is 10.2. The number of carbonyl (C=O) groups excluding carboxylic acids is 1. The molecule has 0 unspecified atom stereocenters. The highest BCUT2D eigenvalue weighted by molar-refractivity contribution is 9.10. The van der Waals surface area contributed by atoms with Crippen molar-refractivity contribution >= 4 is 33.3 Å². The van der Waals surface area contributed by atoms with E-state index in [0.29, 0.717) is 18.8 Å². The van der Waals surface area contributed by atoms with Gasteiger partial charge in [0.1, 0.15) is 5.82 Å². The standard InChI is InChI=1S/C17H18BrN3O2/c1-12-2-4-15(14(18)10-12)20-17(22)13-3-5-16(19-11-13)21-6-8-23-9-7-21/h2-5,10-11H,6-9H2,1H3,(H,20,22). The van der Waals surface area contributed by atoms with Crippen LogP contribution in [0.25, 0.3) is 0 Å². The van der Waals surface area contributed by atoms with Crippen molar-refractivity contribution in [3.63, 3.8) is 0 Å². The molecule has 0 atom stereocenters. The number of anilines is 2. The molecule has 3 rings (SSSR count). The maximum Gasteiger partial charge on any atom is 0.257 e. The van der Waals surface area contributed by atoms with Gasteiger partial charge >= 0.3 is 0 Å². The van der Waals surface area contributed by atoms with E-state index in [1.807, 2.05) is 31.2 Å². The van der Waals surface area contributed by atoms with Gasteiger partial charge in [-0.3, -0.25) is 4.79 Å². The van der Waals surface area contributed by atoms with Crippen molar-refractivity contribution in [1.82, 2.24) is 4.98 Å². The number of morpholine rings is 1. The Morgan fingerprint density at radius 3 is 2.70 bits per heavy atom. The Hall–Kier alpha value is -1.92. The van der Waals surface area contributed by atoms with E-state index in [2.05, 4.69) is 31.1 Å². The highest BCUT2D eigenvalue weighted by Crippen LogP contribution is 2.24. The molecule has 23 heavy (non-hydrogen) atoms. The van der Waals surface area contributed by atoms with Crippen LogP contribution in [0.4, 0.5) is 11.5 Å². The second-order valence-electron chi connectivity index (χ2n) is 5.44. The van der Waals surface area contributed by atoms with Gasteiger partial charge in [-0.25, -0.2) is 4.98 Å². The van der Waals surface area contributed by atoms with Crippen molar-refractivity contribution in [2.45, 2.75) is 6.92 Å². The quantitative estimate of drug-likeness (QED) is 0.894. The van der Waals surface area contributed by atoms with E-state index in [0.717, 1.165) is 34.6 Å². The Kier molecular flexibility index (Phi) is 4.93. The van der Waals surface area contributed by atoms with E-state index in [1.165, 1.54) is 0 Å². The van der Waals surface area contributed by atoms with Gasteiger partial charge in [0.05, 0.1) is 24.5 Å². The normalized spacial score (nSPS) is 14.6. The van der Waals surface area contributed by atoms with Crippen LogP contribution in [-0.4, -0.2) is 37.2 Å². The van der Waals surface area contributed by atoms with E-state index in [-0.39, 0.29) is 5.91 Å². The van der Waals surface area contributed by atoms with Crippen LogP contribution in [0.3, 0.4) is 0 Å². The lowest BCUT2D eigenvalue weighted by molar-refractivity contribution is 0.102. The van der Waals surface area contributed by atoms with Crippen LogP contribution >= 0.6 is 15.9 Å². The number of aromatic nitrogens is 1. The molecule has 1 amide bonds. The van der Waals surface area contributed by atoms with Crippen molar-refractivity contribution in [3.05, 3.63) is 52.1 Å². The largest absolute Gasteiger partial charge is 0.378 e. The summed E-state index contributed by atoms with van der Waals surface area (Å²) < 4.78 is 6.20. The minimum atomic E-state index is -0.171. The fraction of sp³-hybridized carbons (Fsp3) is 0.294. The number of amides is 1. The monoisotopic (exact) mass is 375 g/mol. The highest BCUT2D eigenvalue weighted by Gasteiger charge is 2.14. The Bertz CT molecular complexity index is 697. The van der Waals surface area contributed by atoms with E-state index < -0.39 is 0 Å². The van der Waals surface area contributed by atoms with Gasteiger partial charge < -0.3 is 15.0 Å². The average molecular weight is 376 g/mol. The van der Waals surface area contributed by atoms with Gasteiger partial charge in [0.15, 0.2) is 0 Å². The Balaban J connectivity index is 1.69. The molecule has 2 aromatic rings. The van der Waals surface area contributed by atoms with Crippen molar-refractivity contribution in [2.24, 2.45) is 0 Å². The lowest BCUT2D eigenvalue weighted by Crippen LogP contribution is -2.36. The topological polar surface area (TPSA) is 54.5 Å². The predicted octanol–water partition coefficient (Wildman–Crippen LogP) is 3.24. The molecule has 1 fully saturated rings. The van der Waals surface area contributed by atoms with Gasteiger partial charge in [-0.1, -0.05) is 6.07 Å². The first kappa shape index (κ1) is 16.0.